The van der Waals surface area contributed by atoms with Crippen LogP contribution in [0.25, 0.3) is 5.70 Å². The van der Waals surface area contributed by atoms with Crippen LogP contribution >= 0.6 is 0 Å². The zero-order valence-electron chi connectivity index (χ0n) is 20.3. The van der Waals surface area contributed by atoms with Gasteiger partial charge in [-0.05, 0) is 67.3 Å². The lowest BCUT2D eigenvalue weighted by atomic mass is 9.85. The molecular formula is C28H22F3N3O4. The van der Waals surface area contributed by atoms with E-state index in [2.05, 4.69) is 10.1 Å². The third-order valence-electron chi connectivity index (χ3n) is 6.56. The average molecular weight is 521 g/mol. The number of para-hydroxylation sites is 1. The van der Waals surface area contributed by atoms with Gasteiger partial charge in [-0.2, -0.15) is 5.10 Å². The summed E-state index contributed by atoms with van der Waals surface area (Å²) in [6.07, 6.45) is -2.49. The summed E-state index contributed by atoms with van der Waals surface area (Å²) in [6.45, 7) is 2.15. The first kappa shape index (κ1) is 23.9. The van der Waals surface area contributed by atoms with Crippen LogP contribution in [0.1, 0.15) is 41.3 Å². The maximum Gasteiger partial charge on any atom is 0.573 e. The third kappa shape index (κ3) is 4.53. The lowest BCUT2D eigenvalue weighted by molar-refractivity contribution is -0.274. The zero-order chi connectivity index (χ0) is 26.4. The molecule has 3 aromatic carbocycles. The molecule has 0 spiro atoms. The number of carbonyl (C=O) groups excluding carboxylic acids is 1. The fraction of sp³-hybridized carbons (Fsp3) is 0.214. The van der Waals surface area contributed by atoms with E-state index in [1.807, 2.05) is 42.3 Å². The van der Waals surface area contributed by atoms with Crippen LogP contribution in [-0.4, -0.2) is 24.8 Å². The van der Waals surface area contributed by atoms with Gasteiger partial charge >= 0.3 is 6.36 Å². The van der Waals surface area contributed by atoms with E-state index in [-0.39, 0.29) is 12.4 Å². The van der Waals surface area contributed by atoms with E-state index in [0.717, 1.165) is 53.6 Å². The van der Waals surface area contributed by atoms with Gasteiger partial charge in [0.05, 0.1) is 16.9 Å². The van der Waals surface area contributed by atoms with Gasteiger partial charge < -0.3 is 19.5 Å². The Morgan fingerprint density at radius 1 is 1.03 bits per heavy atom. The number of aryl methyl sites for hydroxylation is 1. The molecule has 1 amide bonds. The Morgan fingerprint density at radius 2 is 1.84 bits per heavy atom. The first-order valence-corrected chi connectivity index (χ1v) is 12.0. The number of rotatable bonds is 4. The van der Waals surface area contributed by atoms with Gasteiger partial charge in [0.25, 0.3) is 5.91 Å². The molecule has 194 valence electrons. The van der Waals surface area contributed by atoms with Gasteiger partial charge in [-0.15, -0.1) is 13.2 Å². The van der Waals surface area contributed by atoms with Crippen molar-refractivity contribution in [2.45, 2.75) is 32.5 Å². The molecule has 2 heterocycles. The fourth-order valence-corrected chi connectivity index (χ4v) is 4.96. The number of fused-ring (bicyclic) bond motifs is 3. The van der Waals surface area contributed by atoms with Crippen molar-refractivity contribution in [1.29, 1.82) is 0 Å². The number of anilines is 2. The van der Waals surface area contributed by atoms with Crippen LogP contribution in [0.3, 0.4) is 0 Å². The van der Waals surface area contributed by atoms with Crippen LogP contribution in [0.2, 0.25) is 0 Å². The Bertz CT molecular complexity index is 1510. The van der Waals surface area contributed by atoms with Crippen molar-refractivity contribution in [2.24, 2.45) is 5.10 Å². The normalized spacial score (nSPS) is 16.0. The summed E-state index contributed by atoms with van der Waals surface area (Å²) < 4.78 is 53.6. The van der Waals surface area contributed by atoms with E-state index < -0.39 is 18.0 Å². The van der Waals surface area contributed by atoms with Crippen LogP contribution in [0.15, 0.2) is 71.3 Å². The Morgan fingerprint density at radius 3 is 2.68 bits per heavy atom. The van der Waals surface area contributed by atoms with Gasteiger partial charge in [0, 0.05) is 29.4 Å². The molecular weight excluding hydrogens is 499 g/mol. The molecule has 3 aromatic rings. The number of allylic oxidation sites excluding steroid dienone is 1. The summed E-state index contributed by atoms with van der Waals surface area (Å²) in [5.41, 5.74) is 6.13. The van der Waals surface area contributed by atoms with Gasteiger partial charge in [-0.3, -0.25) is 4.79 Å². The highest BCUT2D eigenvalue weighted by molar-refractivity contribution is 6.06. The second-order valence-electron chi connectivity index (χ2n) is 9.18. The quantitative estimate of drug-likeness (QED) is 0.424. The molecule has 3 aliphatic rings. The Labute approximate surface area is 216 Å². The van der Waals surface area contributed by atoms with Crippen molar-refractivity contribution in [2.75, 3.05) is 17.1 Å². The van der Waals surface area contributed by atoms with Crippen LogP contribution in [-0.2, 0) is 6.42 Å². The number of benzene rings is 3. The average Bonchev–Trinajstić information content (AvgIpc) is 3.35. The fourth-order valence-electron chi connectivity index (χ4n) is 4.96. The molecule has 0 radical (unpaired) electrons. The van der Waals surface area contributed by atoms with Crippen LogP contribution < -0.4 is 24.5 Å². The van der Waals surface area contributed by atoms with E-state index in [1.165, 1.54) is 23.8 Å². The highest BCUT2D eigenvalue weighted by Crippen LogP contribution is 2.44. The van der Waals surface area contributed by atoms with E-state index in [4.69, 9.17) is 14.6 Å². The highest BCUT2D eigenvalue weighted by atomic mass is 19.4. The molecule has 0 fully saturated rings. The van der Waals surface area contributed by atoms with Crippen molar-refractivity contribution in [3.63, 3.8) is 0 Å². The second-order valence-corrected chi connectivity index (χ2v) is 9.18. The molecule has 6 rings (SSSR count). The van der Waals surface area contributed by atoms with Crippen molar-refractivity contribution >= 4 is 28.7 Å². The van der Waals surface area contributed by atoms with Gasteiger partial charge in [-0.1, -0.05) is 18.2 Å². The van der Waals surface area contributed by atoms with Gasteiger partial charge in [0.15, 0.2) is 11.5 Å². The van der Waals surface area contributed by atoms with Gasteiger partial charge in [-0.25, -0.2) is 5.01 Å². The molecule has 0 atom stereocenters. The van der Waals surface area contributed by atoms with Gasteiger partial charge in [0.1, 0.15) is 5.75 Å². The maximum absolute atomic E-state index is 13.0. The molecule has 0 saturated carbocycles. The largest absolute Gasteiger partial charge is 0.573 e. The molecule has 10 heteroatoms. The summed E-state index contributed by atoms with van der Waals surface area (Å²) in [5.74, 6) is 0.0378. The second kappa shape index (κ2) is 9.13. The summed E-state index contributed by atoms with van der Waals surface area (Å²) in [4.78, 5) is 13.0. The minimum atomic E-state index is -4.91. The van der Waals surface area contributed by atoms with Crippen LogP contribution in [0.4, 0.5) is 24.5 Å². The number of halogens is 3. The maximum atomic E-state index is 13.0. The lowest BCUT2D eigenvalue weighted by Gasteiger charge is -2.34. The van der Waals surface area contributed by atoms with Crippen molar-refractivity contribution in [3.05, 3.63) is 82.9 Å². The van der Waals surface area contributed by atoms with Crippen molar-refractivity contribution in [3.8, 4) is 17.2 Å². The predicted molar refractivity (Wildman–Crippen MR) is 136 cm³/mol. The van der Waals surface area contributed by atoms with E-state index in [1.54, 1.807) is 6.07 Å². The molecule has 7 nitrogen and oxygen atoms in total. The smallest absolute Gasteiger partial charge is 0.454 e. The SMILES string of the molecule is CC1=NN(c2ccc3c(c2)OCO3)C2=C(CCc3ccc(NC(=O)c4ccccc4OC(F)(F)F)cc32)C1. The Kier molecular flexibility index (Phi) is 5.74. The first-order chi connectivity index (χ1) is 18.2. The number of carbonyl (C=O) groups is 1. The Hall–Kier alpha value is -4.47. The topological polar surface area (TPSA) is 72.4 Å². The summed E-state index contributed by atoms with van der Waals surface area (Å²) in [6, 6.07) is 16.4. The van der Waals surface area contributed by atoms with E-state index in [9.17, 15) is 18.0 Å². The van der Waals surface area contributed by atoms with Gasteiger partial charge in [0.2, 0.25) is 6.79 Å². The molecule has 1 aliphatic carbocycles. The predicted octanol–water partition coefficient (Wildman–Crippen LogP) is 6.51. The lowest BCUT2D eigenvalue weighted by Crippen LogP contribution is -2.26. The minimum absolute atomic E-state index is 0.165. The molecule has 0 saturated heterocycles. The number of hydrogen-bond donors (Lipinski definition) is 1. The monoisotopic (exact) mass is 521 g/mol. The molecule has 0 bridgehead atoms. The minimum Gasteiger partial charge on any atom is -0.454 e. The number of ether oxygens (including phenoxy) is 3. The number of amides is 1. The number of nitrogens with zero attached hydrogens (tertiary/aromatic N) is 2. The standard InChI is InChI=1S/C28H22F3N3O4/c1-16-12-18-7-6-17-8-9-19(32-27(35)21-4-2-3-5-23(21)38-28(29,30)31)13-22(17)26(18)34(33-16)20-10-11-24-25(14-20)37-15-36-24/h2-5,8-11,13-14H,6-7,12,15H2,1H3,(H,32,35). The number of hydrogen-bond acceptors (Lipinski definition) is 6. The van der Waals surface area contributed by atoms with E-state index in [0.29, 0.717) is 17.2 Å². The van der Waals surface area contributed by atoms with E-state index >= 15 is 0 Å². The molecule has 0 unspecified atom stereocenters. The van der Waals surface area contributed by atoms with Crippen molar-refractivity contribution in [1.82, 2.24) is 0 Å². The zero-order valence-corrected chi connectivity index (χ0v) is 20.3. The number of hydrazone groups is 1. The molecule has 0 aromatic heterocycles. The summed E-state index contributed by atoms with van der Waals surface area (Å²) in [7, 11) is 0. The Balaban J connectivity index is 1.34. The molecule has 38 heavy (non-hydrogen) atoms. The molecule has 1 N–H and O–H groups in total. The summed E-state index contributed by atoms with van der Waals surface area (Å²) in [5, 5.41) is 9.44. The molecule has 2 aliphatic heterocycles. The third-order valence-corrected chi connectivity index (χ3v) is 6.56. The van der Waals surface area contributed by atoms with Crippen molar-refractivity contribution < 1.29 is 32.2 Å². The number of nitrogens with one attached hydrogen (secondary N) is 1. The summed E-state index contributed by atoms with van der Waals surface area (Å²) >= 11 is 0. The first-order valence-electron chi connectivity index (χ1n) is 12.0. The highest BCUT2D eigenvalue weighted by Gasteiger charge is 2.33. The number of alkyl halides is 3. The van der Waals surface area contributed by atoms with Crippen LogP contribution in [0, 0.1) is 0 Å². The van der Waals surface area contributed by atoms with Crippen LogP contribution in [0.5, 0.6) is 17.2 Å².